The third-order valence-electron chi connectivity index (χ3n) is 3.64. The Morgan fingerprint density at radius 2 is 1.60 bits per heavy atom. The molecule has 2 rings (SSSR count). The van der Waals surface area contributed by atoms with Crippen LogP contribution in [0.1, 0.15) is 31.9 Å². The van der Waals surface area contributed by atoms with Crippen LogP contribution in [0.2, 0.25) is 0 Å². The summed E-state index contributed by atoms with van der Waals surface area (Å²) in [7, 11) is 0. The minimum Gasteiger partial charge on any atom is -0.459 e. The lowest BCUT2D eigenvalue weighted by Gasteiger charge is -2.28. The van der Waals surface area contributed by atoms with Crippen LogP contribution in [0.25, 0.3) is 0 Å². The van der Waals surface area contributed by atoms with E-state index in [1.165, 1.54) is 0 Å². The highest BCUT2D eigenvalue weighted by atomic mass is 16.6. The number of rotatable bonds is 4. The van der Waals surface area contributed by atoms with Gasteiger partial charge < -0.3 is 4.74 Å². The maximum absolute atomic E-state index is 12.9. The standard InChI is InChI=1S/C23H24O2/c1-5-23(21(24)25-22(2,3)4,18-20-14-10-7-11-15-20)17-16-19-12-8-6-9-13-19/h5-15H,1,18H2,2-4H3/t23-/m1/s1. The van der Waals surface area contributed by atoms with Gasteiger partial charge in [0.15, 0.2) is 5.41 Å². The Morgan fingerprint density at radius 1 is 1.04 bits per heavy atom. The number of carbonyl (C=O) groups excluding carboxylic acids is 1. The van der Waals surface area contributed by atoms with Crippen molar-refractivity contribution in [3.8, 4) is 11.8 Å². The molecule has 0 fully saturated rings. The van der Waals surface area contributed by atoms with Crippen molar-refractivity contribution in [3.05, 3.63) is 84.4 Å². The molecule has 2 heteroatoms. The fourth-order valence-corrected chi connectivity index (χ4v) is 2.37. The van der Waals surface area contributed by atoms with Crippen LogP contribution in [0.15, 0.2) is 73.3 Å². The zero-order valence-corrected chi connectivity index (χ0v) is 15.1. The van der Waals surface area contributed by atoms with Crippen molar-refractivity contribution in [1.29, 1.82) is 0 Å². The van der Waals surface area contributed by atoms with Crippen LogP contribution in [-0.4, -0.2) is 11.6 Å². The summed E-state index contributed by atoms with van der Waals surface area (Å²) in [5.41, 5.74) is 0.182. The minimum absolute atomic E-state index is 0.373. The van der Waals surface area contributed by atoms with Gasteiger partial charge in [-0.2, -0.15) is 0 Å². The van der Waals surface area contributed by atoms with Crippen molar-refractivity contribution < 1.29 is 9.53 Å². The number of benzene rings is 2. The molecular formula is C23H24O2. The number of carbonyl (C=O) groups is 1. The lowest BCUT2D eigenvalue weighted by atomic mass is 9.81. The third-order valence-corrected chi connectivity index (χ3v) is 3.64. The maximum Gasteiger partial charge on any atom is 0.329 e. The highest BCUT2D eigenvalue weighted by Gasteiger charge is 2.38. The number of esters is 1. The predicted molar refractivity (Wildman–Crippen MR) is 102 cm³/mol. The SMILES string of the molecule is C=C[C@@](C#Cc1ccccc1)(Cc1ccccc1)C(=O)OC(C)(C)C. The van der Waals surface area contributed by atoms with Gasteiger partial charge in [0.2, 0.25) is 0 Å². The van der Waals surface area contributed by atoms with Gasteiger partial charge in [-0.3, -0.25) is 4.79 Å². The Bertz CT molecular complexity index is 774. The molecule has 2 aromatic rings. The van der Waals surface area contributed by atoms with Crippen LogP contribution in [0.5, 0.6) is 0 Å². The summed E-state index contributed by atoms with van der Waals surface area (Å²) >= 11 is 0. The molecule has 25 heavy (non-hydrogen) atoms. The summed E-state index contributed by atoms with van der Waals surface area (Å²) in [5, 5.41) is 0. The van der Waals surface area contributed by atoms with Crippen molar-refractivity contribution in [3.63, 3.8) is 0 Å². The van der Waals surface area contributed by atoms with Crippen molar-refractivity contribution in [2.24, 2.45) is 5.41 Å². The molecule has 0 aromatic heterocycles. The smallest absolute Gasteiger partial charge is 0.329 e. The maximum atomic E-state index is 12.9. The Kier molecular flexibility index (Phi) is 5.83. The molecule has 1 atom stereocenters. The molecule has 0 saturated carbocycles. The van der Waals surface area contributed by atoms with E-state index in [1.54, 1.807) is 6.08 Å². The second kappa shape index (κ2) is 7.85. The molecule has 0 saturated heterocycles. The van der Waals surface area contributed by atoms with Crippen LogP contribution in [-0.2, 0) is 16.0 Å². The van der Waals surface area contributed by atoms with E-state index < -0.39 is 11.0 Å². The first-order valence-corrected chi connectivity index (χ1v) is 8.34. The molecule has 0 aliphatic carbocycles. The van der Waals surface area contributed by atoms with Crippen LogP contribution in [0.4, 0.5) is 0 Å². The van der Waals surface area contributed by atoms with Crippen molar-refractivity contribution >= 4 is 5.97 Å². The molecule has 0 aliphatic heterocycles. The molecule has 0 spiro atoms. The van der Waals surface area contributed by atoms with E-state index in [0.29, 0.717) is 6.42 Å². The van der Waals surface area contributed by atoms with Crippen LogP contribution in [0, 0.1) is 17.3 Å². The highest BCUT2D eigenvalue weighted by Crippen LogP contribution is 2.28. The fraction of sp³-hybridized carbons (Fsp3) is 0.261. The largest absolute Gasteiger partial charge is 0.459 e. The molecular weight excluding hydrogens is 308 g/mol. The van der Waals surface area contributed by atoms with Gasteiger partial charge in [-0.1, -0.05) is 66.4 Å². The van der Waals surface area contributed by atoms with Gasteiger partial charge in [0.1, 0.15) is 5.60 Å². The summed E-state index contributed by atoms with van der Waals surface area (Å²) in [5.74, 6) is 5.86. The second-order valence-electron chi connectivity index (χ2n) is 6.96. The van der Waals surface area contributed by atoms with Crippen molar-refractivity contribution in [2.45, 2.75) is 32.8 Å². The van der Waals surface area contributed by atoms with Crippen molar-refractivity contribution in [2.75, 3.05) is 0 Å². The van der Waals surface area contributed by atoms with Gasteiger partial charge in [-0.25, -0.2) is 0 Å². The molecule has 0 unspecified atom stereocenters. The van der Waals surface area contributed by atoms with E-state index in [0.717, 1.165) is 11.1 Å². The Hall–Kier alpha value is -2.79. The number of hydrogen-bond acceptors (Lipinski definition) is 2. The van der Waals surface area contributed by atoms with E-state index in [1.807, 2.05) is 81.4 Å². The van der Waals surface area contributed by atoms with Gasteiger partial charge in [-0.15, -0.1) is 6.58 Å². The zero-order chi connectivity index (χ0) is 18.3. The lowest BCUT2D eigenvalue weighted by Crippen LogP contribution is -2.37. The fourth-order valence-electron chi connectivity index (χ4n) is 2.37. The summed E-state index contributed by atoms with van der Waals surface area (Å²) < 4.78 is 5.64. The molecule has 0 bridgehead atoms. The van der Waals surface area contributed by atoms with E-state index in [2.05, 4.69) is 18.4 Å². The lowest BCUT2D eigenvalue weighted by molar-refractivity contribution is -0.161. The first kappa shape index (κ1) is 18.5. The molecule has 0 heterocycles. The van der Waals surface area contributed by atoms with E-state index in [-0.39, 0.29) is 5.97 Å². The number of ether oxygens (including phenoxy) is 1. The van der Waals surface area contributed by atoms with E-state index >= 15 is 0 Å². The Balaban J connectivity index is 2.43. The Labute approximate surface area is 150 Å². The first-order chi connectivity index (χ1) is 11.8. The van der Waals surface area contributed by atoms with E-state index in [9.17, 15) is 4.79 Å². The average Bonchev–Trinajstić information content (AvgIpc) is 2.59. The zero-order valence-electron chi connectivity index (χ0n) is 15.1. The average molecular weight is 332 g/mol. The summed E-state index contributed by atoms with van der Waals surface area (Å²) in [6, 6.07) is 19.4. The topological polar surface area (TPSA) is 26.3 Å². The molecule has 2 nitrogen and oxygen atoms in total. The molecule has 0 aliphatic rings. The van der Waals surface area contributed by atoms with Crippen LogP contribution < -0.4 is 0 Å². The normalized spacial score (nSPS) is 13.1. The highest BCUT2D eigenvalue weighted by molar-refractivity contribution is 5.84. The molecule has 0 radical (unpaired) electrons. The molecule has 128 valence electrons. The second-order valence-corrected chi connectivity index (χ2v) is 6.96. The van der Waals surface area contributed by atoms with E-state index in [4.69, 9.17) is 4.74 Å². The van der Waals surface area contributed by atoms with Crippen LogP contribution >= 0.6 is 0 Å². The van der Waals surface area contributed by atoms with Gasteiger partial charge in [-0.05, 0) is 38.5 Å². The monoisotopic (exact) mass is 332 g/mol. The number of hydrogen-bond donors (Lipinski definition) is 0. The molecule has 0 N–H and O–H groups in total. The summed E-state index contributed by atoms with van der Waals surface area (Å²) in [6.45, 7) is 9.45. The van der Waals surface area contributed by atoms with Gasteiger partial charge in [0.25, 0.3) is 0 Å². The third kappa shape index (κ3) is 5.36. The summed E-state index contributed by atoms with van der Waals surface area (Å²) in [4.78, 5) is 12.9. The first-order valence-electron chi connectivity index (χ1n) is 8.34. The summed E-state index contributed by atoms with van der Waals surface area (Å²) in [6.07, 6.45) is 2.02. The molecule has 0 amide bonds. The van der Waals surface area contributed by atoms with Crippen molar-refractivity contribution in [1.82, 2.24) is 0 Å². The minimum atomic E-state index is -1.09. The van der Waals surface area contributed by atoms with Gasteiger partial charge in [0, 0.05) is 12.0 Å². The Morgan fingerprint density at radius 3 is 2.12 bits per heavy atom. The predicted octanol–water partition coefficient (Wildman–Crippen LogP) is 4.79. The van der Waals surface area contributed by atoms with Gasteiger partial charge >= 0.3 is 5.97 Å². The van der Waals surface area contributed by atoms with Gasteiger partial charge in [0.05, 0.1) is 0 Å². The van der Waals surface area contributed by atoms with Crippen LogP contribution in [0.3, 0.4) is 0 Å². The molecule has 2 aromatic carbocycles. The quantitative estimate of drug-likeness (QED) is 0.457.